The number of carbonyl (C=O) groups excluding carboxylic acids is 1. The number of ketones is 1. The molecular weight excluding hydrogens is 298 g/mol. The predicted octanol–water partition coefficient (Wildman–Crippen LogP) is 1.35. The fourth-order valence-electron chi connectivity index (χ4n) is 2.80. The summed E-state index contributed by atoms with van der Waals surface area (Å²) in [6, 6.07) is 6.99. The maximum absolute atomic E-state index is 13.0. The maximum Gasteiger partial charge on any atom is 0.207 e. The fraction of sp³-hybridized carbons (Fsp3) is 0.375. The molecule has 0 aromatic heterocycles. The smallest absolute Gasteiger partial charge is 0.207 e. The molecule has 116 valence electrons. The second kappa shape index (κ2) is 5.78. The van der Waals surface area contributed by atoms with E-state index in [1.807, 2.05) is 25.1 Å². The van der Waals surface area contributed by atoms with Crippen molar-refractivity contribution in [1.82, 2.24) is 10.2 Å². The highest BCUT2D eigenvalue weighted by Crippen LogP contribution is 2.33. The highest BCUT2D eigenvalue weighted by Gasteiger charge is 2.52. The van der Waals surface area contributed by atoms with Crippen LogP contribution in [-0.4, -0.2) is 59.3 Å². The van der Waals surface area contributed by atoms with Gasteiger partial charge in [0.15, 0.2) is 5.54 Å². The molecule has 2 aliphatic heterocycles. The van der Waals surface area contributed by atoms with Gasteiger partial charge in [-0.25, -0.2) is 0 Å². The molecule has 5 nitrogen and oxygen atoms in total. The van der Waals surface area contributed by atoms with E-state index in [-0.39, 0.29) is 11.5 Å². The number of thioether (sulfide) groups is 1. The highest BCUT2D eigenvalue weighted by molar-refractivity contribution is 8.14. The van der Waals surface area contributed by atoms with Gasteiger partial charge in [0.2, 0.25) is 5.78 Å². The van der Waals surface area contributed by atoms with Crippen LogP contribution in [0.5, 0.6) is 5.75 Å². The monoisotopic (exact) mass is 317 g/mol. The summed E-state index contributed by atoms with van der Waals surface area (Å²) in [5.74, 6) is 1.10. The van der Waals surface area contributed by atoms with Crippen molar-refractivity contribution in [2.75, 3.05) is 32.9 Å². The SMILES string of the molecule is CN(C)[C@@]1(C2=NCCS2)CN/C(=C\c2ccccc2O)C1=O. The molecule has 0 bridgehead atoms. The van der Waals surface area contributed by atoms with Crippen LogP contribution in [0.15, 0.2) is 35.0 Å². The Labute approximate surface area is 134 Å². The zero-order chi connectivity index (χ0) is 15.7. The van der Waals surface area contributed by atoms with Gasteiger partial charge >= 0.3 is 0 Å². The van der Waals surface area contributed by atoms with Crippen LogP contribution in [0.3, 0.4) is 0 Å². The van der Waals surface area contributed by atoms with E-state index in [2.05, 4.69) is 10.3 Å². The van der Waals surface area contributed by atoms with Gasteiger partial charge in [-0.2, -0.15) is 0 Å². The topological polar surface area (TPSA) is 64.9 Å². The summed E-state index contributed by atoms with van der Waals surface area (Å²) in [6.07, 6.45) is 1.71. The van der Waals surface area contributed by atoms with Gasteiger partial charge in [0.25, 0.3) is 0 Å². The molecule has 2 heterocycles. The van der Waals surface area contributed by atoms with E-state index in [1.165, 1.54) is 0 Å². The van der Waals surface area contributed by atoms with Gasteiger partial charge in [-0.3, -0.25) is 14.7 Å². The minimum atomic E-state index is -0.725. The number of aromatic hydroxyl groups is 1. The first-order valence-corrected chi connectivity index (χ1v) is 8.18. The Bertz CT molecular complexity index is 669. The Kier molecular flexibility index (Phi) is 3.97. The normalized spacial score (nSPS) is 26.6. The third-order valence-corrected chi connectivity index (χ3v) is 5.22. The standard InChI is InChI=1S/C16H19N3O2S/c1-19(2)16(15-17-7-8-22-15)10-18-12(14(16)21)9-11-5-3-4-6-13(11)20/h3-6,9,18,20H,7-8,10H2,1-2H3/b12-9-/t16-/m0/s1. The van der Waals surface area contributed by atoms with E-state index in [4.69, 9.17) is 0 Å². The lowest BCUT2D eigenvalue weighted by Gasteiger charge is -2.32. The van der Waals surface area contributed by atoms with Gasteiger partial charge in [0, 0.05) is 24.4 Å². The van der Waals surface area contributed by atoms with Crippen LogP contribution in [0.2, 0.25) is 0 Å². The van der Waals surface area contributed by atoms with Gasteiger partial charge in [-0.05, 0) is 26.2 Å². The first-order valence-electron chi connectivity index (χ1n) is 7.19. The van der Waals surface area contributed by atoms with Gasteiger partial charge < -0.3 is 10.4 Å². The molecule has 0 saturated carbocycles. The summed E-state index contributed by atoms with van der Waals surface area (Å²) in [5, 5.41) is 14.0. The molecule has 0 amide bonds. The quantitative estimate of drug-likeness (QED) is 0.824. The Morgan fingerprint density at radius 2 is 2.18 bits per heavy atom. The van der Waals surface area contributed by atoms with Crippen molar-refractivity contribution in [1.29, 1.82) is 0 Å². The predicted molar refractivity (Wildman–Crippen MR) is 90.3 cm³/mol. The number of hydrogen-bond donors (Lipinski definition) is 2. The lowest BCUT2D eigenvalue weighted by atomic mass is 9.95. The number of carbonyl (C=O) groups is 1. The first-order chi connectivity index (χ1) is 10.6. The summed E-state index contributed by atoms with van der Waals surface area (Å²) >= 11 is 1.65. The number of benzene rings is 1. The molecule has 0 radical (unpaired) electrons. The van der Waals surface area contributed by atoms with Crippen molar-refractivity contribution in [3.63, 3.8) is 0 Å². The molecule has 1 aromatic carbocycles. The van der Waals surface area contributed by atoms with Crippen molar-refractivity contribution < 1.29 is 9.90 Å². The summed E-state index contributed by atoms with van der Waals surface area (Å²) in [4.78, 5) is 19.5. The van der Waals surface area contributed by atoms with Gasteiger partial charge in [0.1, 0.15) is 5.75 Å². The number of phenols is 1. The second-order valence-corrected chi connectivity index (χ2v) is 6.67. The number of rotatable bonds is 3. The van der Waals surface area contributed by atoms with Crippen molar-refractivity contribution in [3.05, 3.63) is 35.5 Å². The minimum absolute atomic E-state index is 0.00824. The van der Waals surface area contributed by atoms with E-state index in [1.54, 1.807) is 36.0 Å². The number of nitrogens with one attached hydrogen (secondary N) is 1. The van der Waals surface area contributed by atoms with Crippen LogP contribution in [0, 0.1) is 0 Å². The molecule has 6 heteroatoms. The van der Waals surface area contributed by atoms with E-state index in [0.29, 0.717) is 17.8 Å². The number of Topliss-reactive ketones (excluding diaryl/α,β-unsaturated/α-hetero) is 1. The van der Waals surface area contributed by atoms with Crippen LogP contribution in [0.25, 0.3) is 6.08 Å². The number of phenolic OH excluding ortho intramolecular Hbond substituents is 1. The maximum atomic E-state index is 13.0. The fourth-order valence-corrected chi connectivity index (χ4v) is 3.94. The van der Waals surface area contributed by atoms with E-state index in [9.17, 15) is 9.90 Å². The Hall–Kier alpha value is -1.79. The van der Waals surface area contributed by atoms with E-state index >= 15 is 0 Å². The highest BCUT2D eigenvalue weighted by atomic mass is 32.2. The molecule has 0 spiro atoms. The molecule has 0 aliphatic carbocycles. The van der Waals surface area contributed by atoms with Crippen LogP contribution in [0.1, 0.15) is 5.56 Å². The molecule has 0 unspecified atom stereocenters. The van der Waals surface area contributed by atoms with E-state index < -0.39 is 5.54 Å². The zero-order valence-corrected chi connectivity index (χ0v) is 13.5. The Morgan fingerprint density at radius 3 is 2.82 bits per heavy atom. The van der Waals surface area contributed by atoms with Crippen LogP contribution >= 0.6 is 11.8 Å². The largest absolute Gasteiger partial charge is 0.507 e. The molecule has 2 N–H and O–H groups in total. The van der Waals surface area contributed by atoms with Gasteiger partial charge in [0.05, 0.1) is 10.7 Å². The lowest BCUT2D eigenvalue weighted by molar-refractivity contribution is -0.120. The molecule has 22 heavy (non-hydrogen) atoms. The molecule has 1 saturated heterocycles. The second-order valence-electron chi connectivity index (χ2n) is 5.59. The summed E-state index contributed by atoms with van der Waals surface area (Å²) in [6.45, 7) is 1.27. The summed E-state index contributed by atoms with van der Waals surface area (Å²) < 4.78 is 0. The molecule has 2 aliphatic rings. The van der Waals surface area contributed by atoms with Gasteiger partial charge in [-0.15, -0.1) is 11.8 Å². The van der Waals surface area contributed by atoms with Crippen LogP contribution < -0.4 is 5.32 Å². The Morgan fingerprint density at radius 1 is 1.41 bits per heavy atom. The number of likely N-dealkylation sites (N-methyl/N-ethyl adjacent to an activating group) is 1. The average molecular weight is 317 g/mol. The zero-order valence-electron chi connectivity index (χ0n) is 12.7. The van der Waals surface area contributed by atoms with Crippen LogP contribution in [-0.2, 0) is 4.79 Å². The Balaban J connectivity index is 1.98. The van der Waals surface area contributed by atoms with E-state index in [0.717, 1.165) is 17.3 Å². The van der Waals surface area contributed by atoms with Crippen molar-refractivity contribution >= 4 is 28.7 Å². The summed E-state index contributed by atoms with van der Waals surface area (Å²) in [5.41, 5.74) is 0.427. The molecule has 3 rings (SSSR count). The summed E-state index contributed by atoms with van der Waals surface area (Å²) in [7, 11) is 3.81. The molecule has 1 fully saturated rings. The minimum Gasteiger partial charge on any atom is -0.507 e. The van der Waals surface area contributed by atoms with Crippen molar-refractivity contribution in [2.45, 2.75) is 5.54 Å². The van der Waals surface area contributed by atoms with Crippen molar-refractivity contribution in [2.24, 2.45) is 4.99 Å². The first kappa shape index (κ1) is 15.1. The number of para-hydroxylation sites is 1. The molecule has 1 aromatic rings. The van der Waals surface area contributed by atoms with Gasteiger partial charge in [-0.1, -0.05) is 18.2 Å². The number of hydrogen-bond acceptors (Lipinski definition) is 6. The van der Waals surface area contributed by atoms with Crippen molar-refractivity contribution in [3.8, 4) is 5.75 Å². The third kappa shape index (κ3) is 2.32. The van der Waals surface area contributed by atoms with Crippen LogP contribution in [0.4, 0.5) is 0 Å². The molecular formula is C16H19N3O2S. The average Bonchev–Trinajstić information content (AvgIpc) is 3.11. The number of nitrogens with zero attached hydrogens (tertiary/aromatic N) is 2. The number of aliphatic imine (C=N–C) groups is 1. The molecule has 1 atom stereocenters. The third-order valence-electron chi connectivity index (χ3n) is 4.09. The lowest BCUT2D eigenvalue weighted by Crippen LogP contribution is -2.56.